The number of carbonyl (C=O) groups is 2. The van der Waals surface area contributed by atoms with Crippen molar-refractivity contribution >= 4 is 18.2 Å². The number of esters is 2. The fraction of sp³-hybridized carbons (Fsp3) is 0.365. The van der Waals surface area contributed by atoms with Gasteiger partial charge in [-0.2, -0.15) is 9.97 Å². The normalized spacial score (nSPS) is 11.6. The van der Waals surface area contributed by atoms with Gasteiger partial charge in [-0.15, -0.1) is 0 Å². The zero-order valence-electron chi connectivity index (χ0n) is 40.1. The van der Waals surface area contributed by atoms with Gasteiger partial charge in [-0.3, -0.25) is 9.13 Å². The molecule has 0 saturated carbocycles. The third-order valence-electron chi connectivity index (χ3n) is 10.2. The molecule has 6 rings (SSSR count). The number of nitrogens with two attached hydrogens (primary N) is 1. The molecule has 0 atom stereocenters. The van der Waals surface area contributed by atoms with E-state index in [-0.39, 0.29) is 25.5 Å². The quantitative estimate of drug-likeness (QED) is 0.0413. The number of ether oxygens (including phenoxy) is 4. The zero-order valence-corrected chi connectivity index (χ0v) is 40.1. The van der Waals surface area contributed by atoms with E-state index >= 15 is 8.78 Å². The molecule has 13 nitrogen and oxygen atoms in total. The summed E-state index contributed by atoms with van der Waals surface area (Å²) in [5, 5.41) is 12.2. The van der Waals surface area contributed by atoms with E-state index in [4.69, 9.17) is 29.9 Å². The number of nitrogens with zero attached hydrogens (tertiary/aromatic N) is 5. The summed E-state index contributed by atoms with van der Waals surface area (Å²) in [6, 6.07) is 24.6. The van der Waals surface area contributed by atoms with Crippen LogP contribution in [0.2, 0.25) is 0 Å². The highest BCUT2D eigenvalue weighted by molar-refractivity contribution is 5.98. The van der Waals surface area contributed by atoms with Crippen LogP contribution in [0.5, 0.6) is 12.0 Å². The maximum Gasteiger partial charge on any atom is 0.339 e. The van der Waals surface area contributed by atoms with Crippen LogP contribution in [-0.4, -0.2) is 66.9 Å². The Labute approximate surface area is 391 Å². The Morgan fingerprint density at radius 2 is 1.10 bits per heavy atom. The Bertz CT molecular complexity index is 2690. The van der Waals surface area contributed by atoms with Crippen LogP contribution in [-0.2, 0) is 41.9 Å². The van der Waals surface area contributed by atoms with E-state index in [1.54, 1.807) is 86.0 Å². The maximum absolute atomic E-state index is 15.3. The van der Waals surface area contributed by atoms with Crippen LogP contribution in [0.4, 0.5) is 8.78 Å². The van der Waals surface area contributed by atoms with Crippen molar-refractivity contribution < 1.29 is 42.5 Å². The van der Waals surface area contributed by atoms with E-state index in [1.165, 1.54) is 18.3 Å². The summed E-state index contributed by atoms with van der Waals surface area (Å²) in [7, 11) is 0. The number of hydrogen-bond acceptors (Lipinski definition) is 11. The first-order chi connectivity index (χ1) is 31.9. The first-order valence-electron chi connectivity index (χ1n) is 22.4. The minimum absolute atomic E-state index is 0.128. The molecule has 0 saturated heterocycles. The number of aryl methyl sites for hydroxylation is 2. The standard InChI is InChI=1S/C26H30FN3O4.C26H32FN3O3/c1-6-22-23(15-28-32)30(25(29-22)33-7-2)16-18-13-12-17(14-21(18)27)19-10-8-9-11-20(19)24(31)34-26(3,4)5;1-6-22-23(15-28)30(25(29-22)32-7-2)16-18-13-12-17(14-21(18)27)19-10-8-9-11-20(19)24(31)33-26(3,4)5/h8-15,32H,6-7,16H2,1-5H3;8-14H,6-7,15-16,28H2,1-5H3/b28-15-;. The van der Waals surface area contributed by atoms with Crippen molar-refractivity contribution in [3.63, 3.8) is 0 Å². The lowest BCUT2D eigenvalue weighted by Crippen LogP contribution is -2.24. The highest BCUT2D eigenvalue weighted by atomic mass is 19.1. The summed E-state index contributed by atoms with van der Waals surface area (Å²) in [4.78, 5) is 34.4. The van der Waals surface area contributed by atoms with Crippen molar-refractivity contribution in [1.29, 1.82) is 0 Å². The van der Waals surface area contributed by atoms with Crippen LogP contribution in [0, 0.1) is 11.6 Å². The van der Waals surface area contributed by atoms with Crippen LogP contribution in [0.15, 0.2) is 90.1 Å². The molecular weight excluding hydrogens is 859 g/mol. The zero-order chi connectivity index (χ0) is 49.1. The fourth-order valence-electron chi connectivity index (χ4n) is 7.29. The highest BCUT2D eigenvalue weighted by Gasteiger charge is 2.24. The summed E-state index contributed by atoms with van der Waals surface area (Å²) in [5.41, 5.74) is 11.6. The molecule has 4 aromatic carbocycles. The Kier molecular flexibility index (Phi) is 17.2. The van der Waals surface area contributed by atoms with Gasteiger partial charge in [0.1, 0.15) is 22.8 Å². The highest BCUT2D eigenvalue weighted by Crippen LogP contribution is 2.31. The van der Waals surface area contributed by atoms with Crippen LogP contribution in [0.1, 0.15) is 124 Å². The molecule has 0 bridgehead atoms. The molecule has 0 aliphatic rings. The molecule has 0 radical (unpaired) electrons. The minimum Gasteiger partial charge on any atom is -0.465 e. The Morgan fingerprint density at radius 1 is 0.672 bits per heavy atom. The van der Waals surface area contributed by atoms with Crippen molar-refractivity contribution in [2.24, 2.45) is 10.9 Å². The van der Waals surface area contributed by atoms with Crippen molar-refractivity contribution in [2.75, 3.05) is 13.2 Å². The molecule has 3 N–H and O–H groups in total. The Hall–Kier alpha value is -6.87. The molecule has 0 amide bonds. The van der Waals surface area contributed by atoms with E-state index in [0.29, 0.717) is 94.0 Å². The van der Waals surface area contributed by atoms with Crippen molar-refractivity contribution in [3.05, 3.63) is 142 Å². The number of halogens is 2. The van der Waals surface area contributed by atoms with Gasteiger partial charge in [-0.1, -0.05) is 79.7 Å². The second kappa shape index (κ2) is 22.6. The smallest absolute Gasteiger partial charge is 0.339 e. The van der Waals surface area contributed by atoms with Crippen LogP contribution in [0.25, 0.3) is 22.3 Å². The number of benzene rings is 4. The second-order valence-electron chi connectivity index (χ2n) is 17.4. The summed E-state index contributed by atoms with van der Waals surface area (Å²) in [5.74, 6) is -1.74. The van der Waals surface area contributed by atoms with Gasteiger partial charge in [0, 0.05) is 17.7 Å². The van der Waals surface area contributed by atoms with E-state index in [2.05, 4.69) is 15.1 Å². The lowest BCUT2D eigenvalue weighted by molar-refractivity contribution is 0.00578. The SMILES string of the molecule is CCOc1nc(CC)c(/C=N\O)n1Cc1ccc(-c2ccccc2C(=O)OC(C)(C)C)cc1F.CCOc1nc(CC)c(CN)n1Cc1ccc(-c2ccccc2C(=O)OC(C)(C)C)cc1F. The van der Waals surface area contributed by atoms with Gasteiger partial charge in [-0.25, -0.2) is 18.4 Å². The Morgan fingerprint density at radius 3 is 1.51 bits per heavy atom. The van der Waals surface area contributed by atoms with Crippen molar-refractivity contribution in [2.45, 2.75) is 113 Å². The molecule has 0 unspecified atom stereocenters. The lowest BCUT2D eigenvalue weighted by atomic mass is 9.98. The molecule has 0 aliphatic carbocycles. The van der Waals surface area contributed by atoms with Crippen LogP contribution in [0.3, 0.4) is 0 Å². The molecule has 67 heavy (non-hydrogen) atoms. The summed E-state index contributed by atoms with van der Waals surface area (Å²) < 4.78 is 56.4. The average molecular weight is 921 g/mol. The number of carbonyl (C=O) groups excluding carboxylic acids is 2. The van der Waals surface area contributed by atoms with E-state index in [9.17, 15) is 9.59 Å². The Balaban J connectivity index is 0.000000251. The van der Waals surface area contributed by atoms with Gasteiger partial charge in [-0.05, 0) is 115 Å². The van der Waals surface area contributed by atoms with Gasteiger partial charge in [0.15, 0.2) is 0 Å². The van der Waals surface area contributed by atoms with Gasteiger partial charge < -0.3 is 29.9 Å². The lowest BCUT2D eigenvalue weighted by Gasteiger charge is -2.20. The van der Waals surface area contributed by atoms with Crippen molar-refractivity contribution in [1.82, 2.24) is 19.1 Å². The summed E-state index contributed by atoms with van der Waals surface area (Å²) in [6.45, 7) is 20.0. The monoisotopic (exact) mass is 920 g/mol. The molecule has 15 heteroatoms. The molecular formula is C52H62F2N6O7. The number of imidazole rings is 2. The predicted molar refractivity (Wildman–Crippen MR) is 255 cm³/mol. The van der Waals surface area contributed by atoms with Gasteiger partial charge in [0.05, 0.1) is 66.4 Å². The largest absolute Gasteiger partial charge is 0.465 e. The topological polar surface area (TPSA) is 165 Å². The minimum atomic E-state index is -0.644. The van der Waals surface area contributed by atoms with Crippen LogP contribution >= 0.6 is 0 Å². The van der Waals surface area contributed by atoms with E-state index in [0.717, 1.165) is 11.4 Å². The number of hydrogen-bond donors (Lipinski definition) is 2. The van der Waals surface area contributed by atoms with E-state index in [1.807, 2.05) is 65.2 Å². The van der Waals surface area contributed by atoms with Gasteiger partial charge >= 0.3 is 11.9 Å². The second-order valence-corrected chi connectivity index (χ2v) is 17.4. The first kappa shape index (κ1) is 51.1. The molecule has 0 spiro atoms. The summed E-state index contributed by atoms with van der Waals surface area (Å²) >= 11 is 0. The molecule has 0 aliphatic heterocycles. The fourth-order valence-corrected chi connectivity index (χ4v) is 7.29. The molecule has 2 heterocycles. The van der Waals surface area contributed by atoms with Gasteiger partial charge in [0.2, 0.25) is 0 Å². The molecule has 2 aromatic heterocycles. The number of rotatable bonds is 16. The summed E-state index contributed by atoms with van der Waals surface area (Å²) in [6.07, 6.45) is 2.58. The number of aromatic nitrogens is 4. The number of oxime groups is 1. The van der Waals surface area contributed by atoms with Crippen LogP contribution < -0.4 is 15.2 Å². The third-order valence-corrected chi connectivity index (χ3v) is 10.2. The van der Waals surface area contributed by atoms with E-state index < -0.39 is 29.0 Å². The molecule has 0 fully saturated rings. The average Bonchev–Trinajstić information content (AvgIpc) is 3.79. The van der Waals surface area contributed by atoms with Gasteiger partial charge in [0.25, 0.3) is 12.0 Å². The first-order valence-corrected chi connectivity index (χ1v) is 22.4. The third kappa shape index (κ3) is 12.9. The predicted octanol–water partition coefficient (Wildman–Crippen LogP) is 10.6. The van der Waals surface area contributed by atoms with Crippen molar-refractivity contribution in [3.8, 4) is 34.3 Å². The molecule has 6 aromatic rings. The molecule has 356 valence electrons. The maximum atomic E-state index is 15.3.